The van der Waals surface area contributed by atoms with Crippen LogP contribution in [0.4, 0.5) is 0 Å². The highest BCUT2D eigenvalue weighted by molar-refractivity contribution is 5.25. The summed E-state index contributed by atoms with van der Waals surface area (Å²) < 4.78 is 0. The third-order valence-corrected chi connectivity index (χ3v) is 8.99. The van der Waals surface area contributed by atoms with Gasteiger partial charge in [0.05, 0.1) is 18.2 Å². The lowest BCUT2D eigenvalue weighted by molar-refractivity contribution is -0.672. The number of aliphatic hydroxyl groups is 2. The molecule has 3 saturated carbocycles. The molecule has 1 heterocycles. The normalized spacial score (nSPS) is 45.9. The van der Waals surface area contributed by atoms with E-state index in [1.807, 2.05) is 6.08 Å². The van der Waals surface area contributed by atoms with Crippen molar-refractivity contribution in [3.8, 4) is 0 Å². The third kappa shape index (κ3) is 3.98. The quantitative estimate of drug-likeness (QED) is 0.548. The van der Waals surface area contributed by atoms with Gasteiger partial charge in [-0.2, -0.15) is 0 Å². The Morgan fingerprint density at radius 1 is 1.07 bits per heavy atom. The maximum absolute atomic E-state index is 10.3. The van der Waals surface area contributed by atoms with Crippen LogP contribution in [0.5, 0.6) is 0 Å². The zero-order valence-electron chi connectivity index (χ0n) is 18.1. The molecular formula is C25H41N2O2+. The molecule has 0 aromatic carbocycles. The minimum Gasteiger partial charge on any atom is -0.393 e. The summed E-state index contributed by atoms with van der Waals surface area (Å²) in [6.45, 7) is 2.42. The summed E-state index contributed by atoms with van der Waals surface area (Å²) in [4.78, 5) is 0. The van der Waals surface area contributed by atoms with Gasteiger partial charge in [0.1, 0.15) is 11.7 Å². The van der Waals surface area contributed by atoms with Gasteiger partial charge in [-0.3, -0.25) is 0 Å². The van der Waals surface area contributed by atoms with Gasteiger partial charge in [-0.05, 0) is 88.5 Å². The van der Waals surface area contributed by atoms with Gasteiger partial charge in [0.15, 0.2) is 0 Å². The highest BCUT2D eigenvalue weighted by Crippen LogP contribution is 2.54. The van der Waals surface area contributed by atoms with Gasteiger partial charge in [-0.15, -0.1) is 0 Å². The first kappa shape index (κ1) is 20.2. The van der Waals surface area contributed by atoms with Gasteiger partial charge in [0, 0.05) is 17.9 Å². The minimum atomic E-state index is -0.265. The molecule has 0 aromatic rings. The fourth-order valence-corrected chi connectivity index (χ4v) is 7.45. The number of quaternary nitrogens is 1. The molecule has 0 radical (unpaired) electrons. The Labute approximate surface area is 176 Å². The molecule has 4 aliphatic carbocycles. The second-order valence-corrected chi connectivity index (χ2v) is 10.8. The Bertz CT molecular complexity index is 651. The summed E-state index contributed by atoms with van der Waals surface area (Å²) in [7, 11) is 0. The molecule has 3 fully saturated rings. The molecule has 0 aromatic heterocycles. The van der Waals surface area contributed by atoms with Crippen LogP contribution in [0.2, 0.25) is 0 Å². The lowest BCUT2D eigenvalue weighted by Crippen LogP contribution is -2.97. The van der Waals surface area contributed by atoms with Gasteiger partial charge < -0.3 is 20.8 Å². The monoisotopic (exact) mass is 401 g/mol. The zero-order valence-corrected chi connectivity index (χ0v) is 18.1. The highest BCUT2D eigenvalue weighted by Gasteiger charge is 2.55. The van der Waals surface area contributed by atoms with E-state index in [1.165, 1.54) is 32.1 Å². The maximum Gasteiger partial charge on any atom is 0.109 e. The lowest BCUT2D eigenvalue weighted by Gasteiger charge is -2.55. The van der Waals surface area contributed by atoms with Crippen LogP contribution in [0.1, 0.15) is 77.6 Å². The molecule has 4 heteroatoms. The van der Waals surface area contributed by atoms with Crippen LogP contribution in [0.3, 0.4) is 0 Å². The number of aliphatic hydroxyl groups excluding tert-OH is 2. The topological polar surface area (TPSA) is 69.1 Å². The van der Waals surface area contributed by atoms with Crippen molar-refractivity contribution < 1.29 is 15.5 Å². The molecule has 0 spiro atoms. The number of nitrogens with two attached hydrogens (primary N) is 1. The molecule has 5 N–H and O–H groups in total. The number of hydrogen-bond donors (Lipinski definition) is 4. The Balaban J connectivity index is 1.37. The molecule has 2 bridgehead atoms. The first-order valence-corrected chi connectivity index (χ1v) is 12.5. The molecule has 162 valence electrons. The van der Waals surface area contributed by atoms with E-state index in [1.54, 1.807) is 11.3 Å². The van der Waals surface area contributed by atoms with E-state index in [4.69, 9.17) is 0 Å². The fraction of sp³-hybridized carbons (Fsp3) is 0.840. The van der Waals surface area contributed by atoms with E-state index >= 15 is 0 Å². The number of nitrogens with one attached hydrogen (secondary N) is 1. The van der Waals surface area contributed by atoms with E-state index in [0.717, 1.165) is 56.3 Å². The largest absolute Gasteiger partial charge is 0.393 e. The van der Waals surface area contributed by atoms with Crippen molar-refractivity contribution in [1.29, 1.82) is 0 Å². The van der Waals surface area contributed by atoms with Crippen molar-refractivity contribution in [2.24, 2.45) is 23.7 Å². The molecule has 29 heavy (non-hydrogen) atoms. The van der Waals surface area contributed by atoms with Gasteiger partial charge >= 0.3 is 0 Å². The van der Waals surface area contributed by atoms with E-state index < -0.39 is 0 Å². The highest BCUT2D eigenvalue weighted by atomic mass is 16.3. The summed E-state index contributed by atoms with van der Waals surface area (Å²) in [6.07, 6.45) is 16.9. The lowest BCUT2D eigenvalue weighted by atomic mass is 9.53. The smallest absolute Gasteiger partial charge is 0.109 e. The Morgan fingerprint density at radius 2 is 1.90 bits per heavy atom. The molecule has 7 atom stereocenters. The number of fused-ring (bicyclic) bond motifs is 2. The third-order valence-electron chi connectivity index (χ3n) is 8.99. The SMILES string of the molecule is CC(NC1CCC(O)CC1)C1[NH2+]C(C2CC=CC(O)C2)=C2CCCCC3CC2C31. The molecule has 1 aliphatic heterocycles. The van der Waals surface area contributed by atoms with Crippen LogP contribution >= 0.6 is 0 Å². The van der Waals surface area contributed by atoms with E-state index in [9.17, 15) is 10.2 Å². The van der Waals surface area contributed by atoms with Gasteiger partial charge in [0.2, 0.25) is 0 Å². The summed E-state index contributed by atoms with van der Waals surface area (Å²) in [5.74, 6) is 3.09. The average Bonchev–Trinajstić information content (AvgIpc) is 2.66. The van der Waals surface area contributed by atoms with Crippen LogP contribution < -0.4 is 10.6 Å². The van der Waals surface area contributed by atoms with Crippen LogP contribution in [0.25, 0.3) is 0 Å². The van der Waals surface area contributed by atoms with Crippen LogP contribution in [0, 0.1) is 23.7 Å². The molecule has 4 nitrogen and oxygen atoms in total. The maximum atomic E-state index is 10.3. The molecule has 7 unspecified atom stereocenters. The van der Waals surface area contributed by atoms with E-state index in [2.05, 4.69) is 23.6 Å². The fourth-order valence-electron chi connectivity index (χ4n) is 7.45. The first-order chi connectivity index (χ1) is 14.1. The molecular weight excluding hydrogens is 360 g/mol. The van der Waals surface area contributed by atoms with Gasteiger partial charge in [-0.1, -0.05) is 18.6 Å². The van der Waals surface area contributed by atoms with E-state index in [0.29, 0.717) is 24.0 Å². The van der Waals surface area contributed by atoms with Crippen molar-refractivity contribution in [3.05, 3.63) is 23.4 Å². The van der Waals surface area contributed by atoms with Gasteiger partial charge in [0.25, 0.3) is 0 Å². The molecule has 0 saturated heterocycles. The van der Waals surface area contributed by atoms with Crippen LogP contribution in [-0.4, -0.2) is 40.5 Å². The molecule has 5 rings (SSSR count). The second kappa shape index (κ2) is 8.45. The van der Waals surface area contributed by atoms with Crippen molar-refractivity contribution >= 4 is 0 Å². The van der Waals surface area contributed by atoms with Crippen molar-refractivity contribution in [1.82, 2.24) is 5.32 Å². The van der Waals surface area contributed by atoms with Crippen LogP contribution in [-0.2, 0) is 0 Å². The second-order valence-electron chi connectivity index (χ2n) is 10.8. The van der Waals surface area contributed by atoms with Crippen molar-refractivity contribution in [3.63, 3.8) is 0 Å². The molecule has 5 aliphatic rings. The average molecular weight is 402 g/mol. The zero-order chi connectivity index (χ0) is 20.0. The number of rotatable bonds is 4. The van der Waals surface area contributed by atoms with Crippen molar-refractivity contribution in [2.45, 2.75) is 108 Å². The predicted molar refractivity (Wildman–Crippen MR) is 115 cm³/mol. The van der Waals surface area contributed by atoms with Gasteiger partial charge in [-0.25, -0.2) is 0 Å². The summed E-state index contributed by atoms with van der Waals surface area (Å²) >= 11 is 0. The Hall–Kier alpha value is -0.680. The van der Waals surface area contributed by atoms with Crippen molar-refractivity contribution in [2.75, 3.05) is 0 Å². The number of hydrogen-bond acceptors (Lipinski definition) is 3. The summed E-state index contributed by atoms with van der Waals surface area (Å²) in [5.41, 5.74) is 3.41. The van der Waals surface area contributed by atoms with Crippen LogP contribution in [0.15, 0.2) is 23.4 Å². The number of allylic oxidation sites excluding steroid dienone is 3. The first-order valence-electron chi connectivity index (χ1n) is 12.5. The Morgan fingerprint density at radius 3 is 2.69 bits per heavy atom. The van der Waals surface area contributed by atoms with E-state index in [-0.39, 0.29) is 12.2 Å². The summed E-state index contributed by atoms with van der Waals surface area (Å²) in [5, 5.41) is 26.8. The minimum absolute atomic E-state index is 0.0780. The Kier molecular flexibility index (Phi) is 5.90. The predicted octanol–water partition coefficient (Wildman–Crippen LogP) is 2.62. The molecule has 0 amide bonds. The summed E-state index contributed by atoms with van der Waals surface area (Å²) in [6, 6.07) is 1.70. The standard InChI is InChI=1S/C25H40N2O2/c1-15(26-18-9-11-19(28)12-10-18)24-23-16-5-2-3-8-21(22(23)14-16)25(27-24)17-6-4-7-20(29)13-17/h4,7,15-20,22-24,26-29H,2-3,5-6,8-14H2,1H3/p+1.